The second kappa shape index (κ2) is 12.0. The van der Waals surface area contributed by atoms with E-state index in [1.54, 1.807) is 6.07 Å². The van der Waals surface area contributed by atoms with Crippen molar-refractivity contribution in [2.24, 2.45) is 5.73 Å². The normalized spacial score (nSPS) is 19.5. The molecule has 3 N–H and O–H groups in total. The van der Waals surface area contributed by atoms with Crippen molar-refractivity contribution in [3.05, 3.63) is 48.8 Å². The van der Waals surface area contributed by atoms with Gasteiger partial charge in [-0.2, -0.15) is 0 Å². The standard InChI is InChI=1S/C27H32N8O3.ClH/c28-20-3-2-8-34(18-20)22-15-24(31-23-4-1-5-26(32-23)35-11-14-38-27(35)36)29-17-21(22)19-6-7-25(30-16-19)33-9-12-37-13-10-33;/h1,4-7,15-17,20H,2-3,8-14,18,28H2,(H,29,31,32);1H/t20-;/m0./s1. The number of nitrogens with zero attached hydrogens (tertiary/aromatic N) is 6. The lowest BCUT2D eigenvalue weighted by Crippen LogP contribution is -2.43. The summed E-state index contributed by atoms with van der Waals surface area (Å²) >= 11 is 0. The number of halogens is 1. The number of amides is 1. The average Bonchev–Trinajstić information content (AvgIpc) is 3.39. The van der Waals surface area contributed by atoms with Crippen LogP contribution in [-0.4, -0.2) is 79.6 Å². The zero-order valence-corrected chi connectivity index (χ0v) is 22.5. The number of hydrogen-bond acceptors (Lipinski definition) is 10. The van der Waals surface area contributed by atoms with Crippen molar-refractivity contribution < 1.29 is 14.3 Å². The molecule has 0 unspecified atom stereocenters. The molecule has 3 aliphatic rings. The van der Waals surface area contributed by atoms with Gasteiger partial charge in [0, 0.05) is 67.5 Å². The fourth-order valence-corrected chi connectivity index (χ4v) is 5.13. The zero-order chi connectivity index (χ0) is 25.9. The first-order valence-electron chi connectivity index (χ1n) is 13.1. The molecule has 3 fully saturated rings. The van der Waals surface area contributed by atoms with E-state index in [2.05, 4.69) is 32.2 Å². The summed E-state index contributed by atoms with van der Waals surface area (Å²) in [4.78, 5) is 32.1. The molecule has 6 rings (SSSR count). The van der Waals surface area contributed by atoms with Crippen LogP contribution in [0.25, 0.3) is 11.1 Å². The fraction of sp³-hybridized carbons (Fsp3) is 0.407. The van der Waals surface area contributed by atoms with E-state index < -0.39 is 0 Å². The molecule has 1 atom stereocenters. The average molecular weight is 553 g/mol. The van der Waals surface area contributed by atoms with Crippen molar-refractivity contribution >= 4 is 47.5 Å². The van der Waals surface area contributed by atoms with E-state index in [9.17, 15) is 4.79 Å². The maximum absolute atomic E-state index is 12.0. The molecule has 206 valence electrons. The number of nitrogens with two attached hydrogens (primary N) is 1. The van der Waals surface area contributed by atoms with Crippen LogP contribution in [0.3, 0.4) is 0 Å². The number of cyclic esters (lactones) is 1. The molecule has 12 heteroatoms. The number of ether oxygens (including phenoxy) is 2. The predicted octanol–water partition coefficient (Wildman–Crippen LogP) is 3.42. The van der Waals surface area contributed by atoms with E-state index in [0.29, 0.717) is 30.6 Å². The van der Waals surface area contributed by atoms with E-state index in [1.165, 1.54) is 4.90 Å². The fourth-order valence-electron chi connectivity index (χ4n) is 5.13. The van der Waals surface area contributed by atoms with Gasteiger partial charge in [0.2, 0.25) is 0 Å². The van der Waals surface area contributed by atoms with Gasteiger partial charge in [0.1, 0.15) is 29.9 Å². The summed E-state index contributed by atoms with van der Waals surface area (Å²) in [6.45, 7) is 5.69. The first-order chi connectivity index (χ1) is 18.6. The molecule has 3 saturated heterocycles. The quantitative estimate of drug-likeness (QED) is 0.470. The van der Waals surface area contributed by atoms with Gasteiger partial charge in [-0.05, 0) is 37.1 Å². The molecular weight excluding hydrogens is 520 g/mol. The number of rotatable bonds is 6. The molecule has 0 radical (unpaired) electrons. The molecule has 39 heavy (non-hydrogen) atoms. The molecule has 3 aliphatic heterocycles. The third kappa shape index (κ3) is 6.00. The summed E-state index contributed by atoms with van der Waals surface area (Å²) in [7, 11) is 0. The number of nitrogens with one attached hydrogen (secondary N) is 1. The molecule has 0 aromatic carbocycles. The van der Waals surface area contributed by atoms with Crippen molar-refractivity contribution in [2.45, 2.75) is 18.9 Å². The smallest absolute Gasteiger partial charge is 0.415 e. The van der Waals surface area contributed by atoms with Crippen molar-refractivity contribution in [2.75, 3.05) is 72.6 Å². The monoisotopic (exact) mass is 552 g/mol. The van der Waals surface area contributed by atoms with Crippen LogP contribution in [-0.2, 0) is 9.47 Å². The van der Waals surface area contributed by atoms with Gasteiger partial charge in [-0.15, -0.1) is 12.4 Å². The Morgan fingerprint density at radius 1 is 0.923 bits per heavy atom. The van der Waals surface area contributed by atoms with E-state index >= 15 is 0 Å². The minimum atomic E-state index is -0.380. The van der Waals surface area contributed by atoms with Crippen LogP contribution in [0, 0.1) is 0 Å². The van der Waals surface area contributed by atoms with Crippen molar-refractivity contribution in [3.8, 4) is 11.1 Å². The van der Waals surface area contributed by atoms with Gasteiger partial charge in [-0.25, -0.2) is 19.7 Å². The zero-order valence-electron chi connectivity index (χ0n) is 21.7. The first-order valence-corrected chi connectivity index (χ1v) is 13.1. The van der Waals surface area contributed by atoms with Gasteiger partial charge in [0.05, 0.1) is 19.8 Å². The van der Waals surface area contributed by atoms with Crippen LogP contribution < -0.4 is 25.8 Å². The maximum atomic E-state index is 12.0. The van der Waals surface area contributed by atoms with E-state index in [1.807, 2.05) is 30.6 Å². The Hall–Kier alpha value is -3.67. The summed E-state index contributed by atoms with van der Waals surface area (Å²) in [6, 6.07) is 11.8. The van der Waals surface area contributed by atoms with Crippen LogP contribution in [0.15, 0.2) is 48.8 Å². The van der Waals surface area contributed by atoms with Crippen LogP contribution in [0.5, 0.6) is 0 Å². The highest BCUT2D eigenvalue weighted by molar-refractivity contribution is 5.88. The van der Waals surface area contributed by atoms with Crippen molar-refractivity contribution in [1.29, 1.82) is 0 Å². The minimum Gasteiger partial charge on any atom is -0.447 e. The highest BCUT2D eigenvalue weighted by atomic mass is 35.5. The Labute approximate surface area is 233 Å². The Morgan fingerprint density at radius 3 is 2.54 bits per heavy atom. The molecule has 0 saturated carbocycles. The highest BCUT2D eigenvalue weighted by Crippen LogP contribution is 2.35. The summed E-state index contributed by atoms with van der Waals surface area (Å²) < 4.78 is 10.5. The summed E-state index contributed by atoms with van der Waals surface area (Å²) in [5, 5.41) is 3.31. The van der Waals surface area contributed by atoms with Gasteiger partial charge in [0.15, 0.2) is 0 Å². The molecule has 3 aromatic heterocycles. The summed E-state index contributed by atoms with van der Waals surface area (Å²) in [5.41, 5.74) is 9.41. The Kier molecular flexibility index (Phi) is 8.30. The molecule has 6 heterocycles. The summed E-state index contributed by atoms with van der Waals surface area (Å²) in [5.74, 6) is 2.76. The molecular formula is C27H33ClN8O3. The topological polar surface area (TPSA) is 122 Å². The van der Waals surface area contributed by atoms with Gasteiger partial charge in [-0.3, -0.25) is 4.90 Å². The molecule has 0 spiro atoms. The lowest BCUT2D eigenvalue weighted by molar-refractivity contribution is 0.122. The number of carbonyl (C=O) groups excluding carboxylic acids is 1. The van der Waals surface area contributed by atoms with Crippen LogP contribution >= 0.6 is 12.4 Å². The number of anilines is 5. The second-order valence-corrected chi connectivity index (χ2v) is 9.71. The molecule has 1 amide bonds. The molecule has 3 aromatic rings. The lowest BCUT2D eigenvalue weighted by atomic mass is 10.0. The van der Waals surface area contributed by atoms with E-state index in [-0.39, 0.29) is 24.5 Å². The summed E-state index contributed by atoms with van der Waals surface area (Å²) in [6.07, 6.45) is 5.48. The van der Waals surface area contributed by atoms with Gasteiger partial charge >= 0.3 is 6.09 Å². The second-order valence-electron chi connectivity index (χ2n) is 9.71. The number of carbonyl (C=O) groups is 1. The number of piperidine rings is 1. The largest absolute Gasteiger partial charge is 0.447 e. The highest BCUT2D eigenvalue weighted by Gasteiger charge is 2.25. The number of aromatic nitrogens is 3. The number of hydrogen-bond donors (Lipinski definition) is 2. The van der Waals surface area contributed by atoms with E-state index in [0.717, 1.165) is 74.9 Å². The van der Waals surface area contributed by atoms with Crippen molar-refractivity contribution in [1.82, 2.24) is 15.0 Å². The molecule has 0 aliphatic carbocycles. The van der Waals surface area contributed by atoms with Crippen molar-refractivity contribution in [3.63, 3.8) is 0 Å². The lowest BCUT2D eigenvalue weighted by Gasteiger charge is -2.34. The number of morpholine rings is 1. The first kappa shape index (κ1) is 26.9. The van der Waals surface area contributed by atoms with Crippen LogP contribution in [0.2, 0.25) is 0 Å². The van der Waals surface area contributed by atoms with Crippen LogP contribution in [0.1, 0.15) is 12.8 Å². The third-order valence-electron chi connectivity index (χ3n) is 7.10. The predicted molar refractivity (Wildman–Crippen MR) is 153 cm³/mol. The Balaban J connectivity index is 0.00000308. The van der Waals surface area contributed by atoms with Gasteiger partial charge < -0.3 is 30.3 Å². The molecule has 11 nitrogen and oxygen atoms in total. The molecule has 0 bridgehead atoms. The maximum Gasteiger partial charge on any atom is 0.415 e. The van der Waals surface area contributed by atoms with Crippen LogP contribution in [0.4, 0.5) is 33.8 Å². The van der Waals surface area contributed by atoms with E-state index in [4.69, 9.17) is 25.2 Å². The Bertz CT molecular complexity index is 1290. The SMILES string of the molecule is Cl.N[C@H]1CCCN(c2cc(Nc3cccc(N4CCOC4=O)n3)ncc2-c2ccc(N3CCOCC3)nc2)C1. The Morgan fingerprint density at radius 2 is 1.79 bits per heavy atom. The third-order valence-corrected chi connectivity index (χ3v) is 7.10. The van der Waals surface area contributed by atoms with Gasteiger partial charge in [0.25, 0.3) is 0 Å². The minimum absolute atomic E-state index is 0. The van der Waals surface area contributed by atoms with Gasteiger partial charge in [-0.1, -0.05) is 6.07 Å². The number of pyridine rings is 3.